The number of fused-ring (bicyclic) bond motifs is 1. The Morgan fingerprint density at radius 3 is 2.53 bits per heavy atom. The van der Waals surface area contributed by atoms with Gasteiger partial charge in [-0.25, -0.2) is 18.7 Å². The van der Waals surface area contributed by atoms with Gasteiger partial charge in [-0.1, -0.05) is 6.07 Å². The Kier molecular flexibility index (Phi) is 5.23. The highest BCUT2D eigenvalue weighted by Gasteiger charge is 2.30. The molecule has 4 rings (SSSR count). The molecule has 1 saturated carbocycles. The highest BCUT2D eigenvalue weighted by molar-refractivity contribution is 7.20. The molecule has 0 spiro atoms. The number of hydrogen-bond acceptors (Lipinski definition) is 5. The van der Waals surface area contributed by atoms with Crippen LogP contribution >= 0.6 is 11.3 Å². The van der Waals surface area contributed by atoms with Gasteiger partial charge in [-0.15, -0.1) is 11.3 Å². The first-order valence-corrected chi connectivity index (χ1v) is 10.4. The smallest absolute Gasteiger partial charge is 0.262 e. The Morgan fingerprint density at radius 1 is 1.17 bits per heavy atom. The molecule has 9 heteroatoms. The summed E-state index contributed by atoms with van der Waals surface area (Å²) in [5, 5.41) is 5.92. The summed E-state index contributed by atoms with van der Waals surface area (Å²) >= 11 is 1.24. The fourth-order valence-electron chi connectivity index (χ4n) is 3.43. The number of amides is 2. The van der Waals surface area contributed by atoms with E-state index in [0.717, 1.165) is 52.3 Å². The van der Waals surface area contributed by atoms with E-state index in [4.69, 9.17) is 0 Å². The molecule has 2 aromatic heterocycles. The van der Waals surface area contributed by atoms with E-state index in [9.17, 15) is 18.4 Å². The zero-order valence-corrected chi connectivity index (χ0v) is 17.5. The molecule has 1 aliphatic rings. The predicted octanol–water partition coefficient (Wildman–Crippen LogP) is 3.68. The SMILES string of the molecule is CNC(=O)C(NC(=O)c1sc2nc(C3CC3)nc(C)c2c1C)c1ccc(F)c(F)c1. The lowest BCUT2D eigenvalue weighted by Crippen LogP contribution is -2.39. The minimum Gasteiger partial charge on any atom is -0.357 e. The van der Waals surface area contributed by atoms with Gasteiger partial charge in [-0.05, 0) is 49.9 Å². The highest BCUT2D eigenvalue weighted by Crippen LogP contribution is 2.40. The molecule has 2 N–H and O–H groups in total. The lowest BCUT2D eigenvalue weighted by atomic mass is 10.1. The van der Waals surface area contributed by atoms with E-state index >= 15 is 0 Å². The number of carbonyl (C=O) groups is 2. The summed E-state index contributed by atoms with van der Waals surface area (Å²) in [6, 6.07) is 1.94. The van der Waals surface area contributed by atoms with Gasteiger partial charge >= 0.3 is 0 Å². The van der Waals surface area contributed by atoms with Crippen molar-refractivity contribution in [2.24, 2.45) is 0 Å². The number of rotatable bonds is 5. The molecule has 0 bridgehead atoms. The number of carbonyl (C=O) groups excluding carboxylic acids is 2. The molecule has 1 atom stereocenters. The van der Waals surface area contributed by atoms with Gasteiger partial charge in [-0.2, -0.15) is 0 Å². The third-order valence-electron chi connectivity index (χ3n) is 5.20. The summed E-state index contributed by atoms with van der Waals surface area (Å²) < 4.78 is 27.0. The number of benzene rings is 1. The van der Waals surface area contributed by atoms with Crippen molar-refractivity contribution in [3.05, 3.63) is 57.4 Å². The van der Waals surface area contributed by atoms with Crippen molar-refractivity contribution < 1.29 is 18.4 Å². The molecule has 1 unspecified atom stereocenters. The molecule has 0 aliphatic heterocycles. The van der Waals surface area contributed by atoms with Gasteiger partial charge in [0, 0.05) is 18.4 Å². The third-order valence-corrected chi connectivity index (χ3v) is 6.38. The van der Waals surface area contributed by atoms with Crippen LogP contribution in [0.5, 0.6) is 0 Å². The van der Waals surface area contributed by atoms with Crippen LogP contribution in [0.2, 0.25) is 0 Å². The van der Waals surface area contributed by atoms with Crippen molar-refractivity contribution in [2.75, 3.05) is 7.05 Å². The quantitative estimate of drug-likeness (QED) is 0.647. The number of nitrogens with zero attached hydrogens (tertiary/aromatic N) is 2. The van der Waals surface area contributed by atoms with Gasteiger partial charge in [0.25, 0.3) is 5.91 Å². The Morgan fingerprint density at radius 2 is 1.90 bits per heavy atom. The minimum atomic E-state index is -1.17. The van der Waals surface area contributed by atoms with Crippen molar-refractivity contribution in [1.82, 2.24) is 20.6 Å². The molecule has 30 heavy (non-hydrogen) atoms. The maximum Gasteiger partial charge on any atom is 0.262 e. The van der Waals surface area contributed by atoms with Crippen LogP contribution in [0.25, 0.3) is 10.2 Å². The van der Waals surface area contributed by atoms with Crippen LogP contribution in [0.3, 0.4) is 0 Å². The molecule has 2 amide bonds. The van der Waals surface area contributed by atoms with E-state index in [1.807, 2.05) is 13.8 Å². The van der Waals surface area contributed by atoms with Crippen molar-refractivity contribution in [1.29, 1.82) is 0 Å². The first-order chi connectivity index (χ1) is 14.3. The monoisotopic (exact) mass is 430 g/mol. The lowest BCUT2D eigenvalue weighted by molar-refractivity contribution is -0.122. The molecule has 1 aromatic carbocycles. The molecule has 156 valence electrons. The van der Waals surface area contributed by atoms with Crippen molar-refractivity contribution >= 4 is 33.4 Å². The lowest BCUT2D eigenvalue weighted by Gasteiger charge is -2.18. The van der Waals surface area contributed by atoms with Crippen LogP contribution in [0.1, 0.15) is 57.1 Å². The Balaban J connectivity index is 1.69. The first kappa shape index (κ1) is 20.3. The highest BCUT2D eigenvalue weighted by atomic mass is 32.1. The third kappa shape index (κ3) is 3.65. The van der Waals surface area contributed by atoms with Gasteiger partial charge in [0.1, 0.15) is 16.7 Å². The second-order valence-corrected chi connectivity index (χ2v) is 8.37. The number of hydrogen-bond donors (Lipinski definition) is 2. The number of aryl methyl sites for hydroxylation is 2. The number of thiophene rings is 1. The molecule has 3 aromatic rings. The summed E-state index contributed by atoms with van der Waals surface area (Å²) in [5.41, 5.74) is 1.69. The average Bonchev–Trinajstić information content (AvgIpc) is 3.51. The predicted molar refractivity (Wildman–Crippen MR) is 109 cm³/mol. The van der Waals surface area contributed by atoms with E-state index in [2.05, 4.69) is 20.6 Å². The van der Waals surface area contributed by atoms with Crippen LogP contribution in [0.4, 0.5) is 8.78 Å². The van der Waals surface area contributed by atoms with Gasteiger partial charge in [0.15, 0.2) is 11.6 Å². The molecule has 0 saturated heterocycles. The molecule has 1 aliphatic carbocycles. The second kappa shape index (κ2) is 7.71. The summed E-state index contributed by atoms with van der Waals surface area (Å²) in [7, 11) is 1.41. The normalized spacial score (nSPS) is 14.6. The number of nitrogens with one attached hydrogen (secondary N) is 2. The summed E-state index contributed by atoms with van der Waals surface area (Å²) in [6.07, 6.45) is 2.15. The standard InChI is InChI=1S/C21H20F2N4O2S/c1-9-15-10(2)25-18(11-4-5-11)27-21(15)30-17(9)20(29)26-16(19(28)24-3)12-6-7-13(22)14(23)8-12/h6-8,11,16H,4-5H2,1-3H3,(H,24,28)(H,26,29). The van der Waals surface area contributed by atoms with Crippen LogP contribution in [-0.2, 0) is 4.79 Å². The largest absolute Gasteiger partial charge is 0.357 e. The summed E-state index contributed by atoms with van der Waals surface area (Å²) in [5.74, 6) is -1.95. The van der Waals surface area contributed by atoms with E-state index in [1.165, 1.54) is 24.5 Å². The number of halogens is 2. The Hall–Kier alpha value is -2.94. The zero-order chi connectivity index (χ0) is 21.6. The van der Waals surface area contributed by atoms with E-state index in [0.29, 0.717) is 10.8 Å². The number of likely N-dealkylation sites (N-methyl/N-ethyl adjacent to an activating group) is 1. The van der Waals surface area contributed by atoms with Gasteiger partial charge < -0.3 is 10.6 Å². The van der Waals surface area contributed by atoms with Gasteiger partial charge in [0.05, 0.1) is 10.6 Å². The van der Waals surface area contributed by atoms with E-state index in [1.54, 1.807) is 0 Å². The van der Waals surface area contributed by atoms with Gasteiger partial charge in [0.2, 0.25) is 5.91 Å². The maximum absolute atomic E-state index is 13.7. The van der Waals surface area contributed by atoms with E-state index < -0.39 is 29.5 Å². The minimum absolute atomic E-state index is 0.146. The Bertz CT molecular complexity index is 1170. The van der Waals surface area contributed by atoms with Crippen molar-refractivity contribution in [3.8, 4) is 0 Å². The van der Waals surface area contributed by atoms with Crippen LogP contribution < -0.4 is 10.6 Å². The molecule has 1 fully saturated rings. The second-order valence-electron chi connectivity index (χ2n) is 7.37. The zero-order valence-electron chi connectivity index (χ0n) is 16.7. The van der Waals surface area contributed by atoms with Crippen LogP contribution in [0, 0.1) is 25.5 Å². The first-order valence-electron chi connectivity index (χ1n) is 9.55. The summed E-state index contributed by atoms with van der Waals surface area (Å²) in [4.78, 5) is 35.7. The maximum atomic E-state index is 13.7. The van der Waals surface area contributed by atoms with Crippen LogP contribution in [-0.4, -0.2) is 28.8 Å². The molecule has 0 radical (unpaired) electrons. The fraction of sp³-hybridized carbons (Fsp3) is 0.333. The molecular formula is C21H20F2N4O2S. The molecule has 6 nitrogen and oxygen atoms in total. The van der Waals surface area contributed by atoms with Crippen molar-refractivity contribution in [3.63, 3.8) is 0 Å². The average molecular weight is 430 g/mol. The fourth-order valence-corrected chi connectivity index (χ4v) is 4.58. The van der Waals surface area contributed by atoms with E-state index in [-0.39, 0.29) is 5.56 Å². The molecule has 2 heterocycles. The molecular weight excluding hydrogens is 410 g/mol. The number of aromatic nitrogens is 2. The topological polar surface area (TPSA) is 84.0 Å². The van der Waals surface area contributed by atoms with Crippen LogP contribution in [0.15, 0.2) is 18.2 Å². The van der Waals surface area contributed by atoms with Crippen molar-refractivity contribution in [2.45, 2.75) is 38.6 Å². The Labute approximate surface area is 175 Å². The summed E-state index contributed by atoms with van der Waals surface area (Å²) in [6.45, 7) is 3.71. The van der Waals surface area contributed by atoms with Gasteiger partial charge in [-0.3, -0.25) is 9.59 Å².